The summed E-state index contributed by atoms with van der Waals surface area (Å²) in [7, 11) is 0. The number of hydrogen-bond donors (Lipinski definition) is 2. The number of fused-ring (bicyclic) bond motifs is 1. The second kappa shape index (κ2) is 9.67. The quantitative estimate of drug-likeness (QED) is 0.534. The van der Waals surface area contributed by atoms with Crippen molar-refractivity contribution >= 4 is 6.03 Å². The molecule has 3 N–H and O–H groups in total. The Hall–Kier alpha value is -3.32. The van der Waals surface area contributed by atoms with Crippen molar-refractivity contribution in [2.75, 3.05) is 13.1 Å². The first-order chi connectivity index (χ1) is 15.9. The van der Waals surface area contributed by atoms with Gasteiger partial charge in [0, 0.05) is 13.1 Å². The van der Waals surface area contributed by atoms with Crippen molar-refractivity contribution < 1.29 is 18.0 Å². The van der Waals surface area contributed by atoms with Crippen LogP contribution in [0.25, 0.3) is 11.1 Å². The van der Waals surface area contributed by atoms with Gasteiger partial charge in [0.05, 0.1) is 11.6 Å². The summed E-state index contributed by atoms with van der Waals surface area (Å²) >= 11 is 0. The fourth-order valence-electron chi connectivity index (χ4n) is 4.31. The van der Waals surface area contributed by atoms with Crippen LogP contribution in [0.15, 0.2) is 72.8 Å². The van der Waals surface area contributed by atoms with Crippen LogP contribution in [0.1, 0.15) is 34.7 Å². The van der Waals surface area contributed by atoms with E-state index in [1.165, 1.54) is 12.1 Å². The number of carbonyl (C=O) groups is 1. The van der Waals surface area contributed by atoms with Crippen LogP contribution < -0.4 is 11.1 Å². The van der Waals surface area contributed by atoms with E-state index in [-0.39, 0.29) is 12.1 Å². The van der Waals surface area contributed by atoms with Crippen LogP contribution in [0.2, 0.25) is 0 Å². The summed E-state index contributed by atoms with van der Waals surface area (Å²) in [6.45, 7) is 1.43. The maximum atomic E-state index is 13.0. The average molecular weight is 454 g/mol. The number of amides is 2. The van der Waals surface area contributed by atoms with E-state index < -0.39 is 11.7 Å². The van der Waals surface area contributed by atoms with Crippen molar-refractivity contribution in [1.82, 2.24) is 10.2 Å². The summed E-state index contributed by atoms with van der Waals surface area (Å²) in [6, 6.07) is 20.4. The maximum absolute atomic E-state index is 13.0. The first-order valence-electron chi connectivity index (χ1n) is 11.0. The van der Waals surface area contributed by atoms with Crippen molar-refractivity contribution in [2.45, 2.75) is 31.6 Å². The predicted octanol–water partition coefficient (Wildman–Crippen LogP) is 5.53. The number of nitrogens with two attached hydrogens (primary N) is 1. The van der Waals surface area contributed by atoms with E-state index in [1.807, 2.05) is 48.5 Å². The lowest BCUT2D eigenvalue weighted by Crippen LogP contribution is -2.44. The van der Waals surface area contributed by atoms with E-state index in [0.29, 0.717) is 32.5 Å². The van der Waals surface area contributed by atoms with Gasteiger partial charge in [-0.2, -0.15) is 13.2 Å². The Morgan fingerprint density at radius 1 is 1.00 bits per heavy atom. The molecule has 0 aromatic heterocycles. The van der Waals surface area contributed by atoms with Crippen LogP contribution in [0, 0.1) is 0 Å². The van der Waals surface area contributed by atoms with Crippen molar-refractivity contribution in [1.29, 1.82) is 0 Å². The Labute approximate surface area is 191 Å². The van der Waals surface area contributed by atoms with Crippen molar-refractivity contribution in [2.24, 2.45) is 5.73 Å². The van der Waals surface area contributed by atoms with Gasteiger partial charge in [-0.25, -0.2) is 4.79 Å². The summed E-state index contributed by atoms with van der Waals surface area (Å²) in [4.78, 5) is 14.8. The number of halogens is 3. The topological polar surface area (TPSA) is 58.4 Å². The van der Waals surface area contributed by atoms with Crippen LogP contribution in [-0.2, 0) is 19.1 Å². The Balaban J connectivity index is 1.50. The van der Waals surface area contributed by atoms with E-state index in [2.05, 4.69) is 5.32 Å². The van der Waals surface area contributed by atoms with Crippen LogP contribution >= 0.6 is 0 Å². The maximum Gasteiger partial charge on any atom is 0.416 e. The lowest BCUT2D eigenvalue weighted by Gasteiger charge is -2.32. The molecule has 0 saturated carbocycles. The van der Waals surface area contributed by atoms with Gasteiger partial charge >= 0.3 is 12.2 Å². The van der Waals surface area contributed by atoms with E-state index in [4.69, 9.17) is 5.73 Å². The molecule has 0 unspecified atom stereocenters. The highest BCUT2D eigenvalue weighted by Crippen LogP contribution is 2.34. The molecular weight excluding hydrogens is 427 g/mol. The Morgan fingerprint density at radius 3 is 2.39 bits per heavy atom. The number of hydrogen-bond acceptors (Lipinski definition) is 2. The normalized spacial score (nSPS) is 14.5. The third-order valence-electron chi connectivity index (χ3n) is 6.03. The molecule has 1 atom stereocenters. The van der Waals surface area contributed by atoms with E-state index in [9.17, 15) is 18.0 Å². The first kappa shape index (κ1) is 22.9. The second-order valence-electron chi connectivity index (χ2n) is 8.18. The minimum atomic E-state index is -4.36. The van der Waals surface area contributed by atoms with Gasteiger partial charge in [-0.1, -0.05) is 60.7 Å². The highest BCUT2D eigenvalue weighted by molar-refractivity contribution is 5.76. The smallest absolute Gasteiger partial charge is 0.331 e. The lowest BCUT2D eigenvalue weighted by atomic mass is 9.90. The molecule has 3 aromatic rings. The fraction of sp³-hybridized carbons (Fsp3) is 0.269. The number of rotatable bonds is 5. The molecule has 4 nitrogen and oxygen atoms in total. The molecule has 172 valence electrons. The SMILES string of the molecule is NCC[C@H](NC(=O)N1CCc2c(cccc2-c2ccc(C(F)(F)F)cc2)C1)c1ccccc1. The summed E-state index contributed by atoms with van der Waals surface area (Å²) in [5.74, 6) is 0. The van der Waals surface area contributed by atoms with Gasteiger partial charge in [-0.15, -0.1) is 0 Å². The molecule has 0 saturated heterocycles. The van der Waals surface area contributed by atoms with Gasteiger partial charge in [0.2, 0.25) is 0 Å². The van der Waals surface area contributed by atoms with Crippen molar-refractivity contribution in [3.05, 3.63) is 95.1 Å². The monoisotopic (exact) mass is 453 g/mol. The highest BCUT2D eigenvalue weighted by Gasteiger charge is 2.30. The summed E-state index contributed by atoms with van der Waals surface area (Å²) in [6.07, 6.45) is -3.09. The van der Waals surface area contributed by atoms with Crippen LogP contribution in [0.3, 0.4) is 0 Å². The largest absolute Gasteiger partial charge is 0.416 e. The Morgan fingerprint density at radius 2 is 1.73 bits per heavy atom. The minimum absolute atomic E-state index is 0.150. The molecule has 33 heavy (non-hydrogen) atoms. The van der Waals surface area contributed by atoms with Gasteiger partial charge < -0.3 is 16.0 Å². The van der Waals surface area contributed by atoms with Gasteiger partial charge in [0.25, 0.3) is 0 Å². The van der Waals surface area contributed by atoms with Gasteiger partial charge in [-0.05, 0) is 59.3 Å². The predicted molar refractivity (Wildman–Crippen MR) is 122 cm³/mol. The zero-order valence-electron chi connectivity index (χ0n) is 18.1. The molecular formula is C26H26F3N3O. The summed E-state index contributed by atoms with van der Waals surface area (Å²) in [5, 5.41) is 3.10. The Kier molecular flexibility index (Phi) is 6.70. The molecule has 4 rings (SSSR count). The highest BCUT2D eigenvalue weighted by atomic mass is 19.4. The molecule has 1 aliphatic heterocycles. The number of nitrogens with zero attached hydrogens (tertiary/aromatic N) is 1. The molecule has 0 bridgehead atoms. The van der Waals surface area contributed by atoms with Gasteiger partial charge in [0.1, 0.15) is 0 Å². The molecule has 0 spiro atoms. The number of carbonyl (C=O) groups excluding carboxylic acids is 1. The van der Waals surface area contributed by atoms with Crippen LogP contribution in [-0.4, -0.2) is 24.0 Å². The van der Waals surface area contributed by atoms with Crippen LogP contribution in [0.5, 0.6) is 0 Å². The second-order valence-corrected chi connectivity index (χ2v) is 8.18. The first-order valence-corrected chi connectivity index (χ1v) is 11.0. The zero-order valence-corrected chi connectivity index (χ0v) is 18.1. The lowest BCUT2D eigenvalue weighted by molar-refractivity contribution is -0.137. The van der Waals surface area contributed by atoms with E-state index in [1.54, 1.807) is 4.90 Å². The molecule has 1 heterocycles. The fourth-order valence-corrected chi connectivity index (χ4v) is 4.31. The summed E-state index contributed by atoms with van der Waals surface area (Å²) < 4.78 is 38.7. The number of alkyl halides is 3. The third-order valence-corrected chi connectivity index (χ3v) is 6.03. The van der Waals surface area contributed by atoms with Gasteiger partial charge in [0.15, 0.2) is 0 Å². The molecule has 0 radical (unpaired) electrons. The van der Waals surface area contributed by atoms with Crippen LogP contribution in [0.4, 0.5) is 18.0 Å². The average Bonchev–Trinajstić information content (AvgIpc) is 2.83. The zero-order chi connectivity index (χ0) is 23.4. The van der Waals surface area contributed by atoms with Gasteiger partial charge in [-0.3, -0.25) is 0 Å². The summed E-state index contributed by atoms with van der Waals surface area (Å²) in [5.41, 5.74) is 9.84. The molecule has 1 aliphatic rings. The molecule has 0 aliphatic carbocycles. The third kappa shape index (κ3) is 5.20. The molecule has 7 heteroatoms. The number of urea groups is 1. The number of benzene rings is 3. The van der Waals surface area contributed by atoms with E-state index in [0.717, 1.165) is 39.9 Å². The number of nitrogens with one attached hydrogen (secondary N) is 1. The molecule has 3 aromatic carbocycles. The Bertz CT molecular complexity index is 1100. The van der Waals surface area contributed by atoms with Crippen molar-refractivity contribution in [3.8, 4) is 11.1 Å². The van der Waals surface area contributed by atoms with Crippen molar-refractivity contribution in [3.63, 3.8) is 0 Å². The van der Waals surface area contributed by atoms with E-state index >= 15 is 0 Å². The molecule has 0 fully saturated rings. The standard InChI is InChI=1S/C26H26F3N3O/c27-26(28,29)21-11-9-18(10-12-21)22-8-4-7-20-17-32(16-14-23(20)22)25(33)31-24(13-15-30)19-5-2-1-3-6-19/h1-12,24H,13-17,30H2,(H,31,33)/t24-/m0/s1. The molecule has 2 amide bonds. The minimum Gasteiger partial charge on any atom is -0.331 e.